The Morgan fingerprint density at radius 3 is 2.47 bits per heavy atom. The highest BCUT2D eigenvalue weighted by Crippen LogP contribution is 2.12. The predicted molar refractivity (Wildman–Crippen MR) is 84.5 cm³/mol. The Morgan fingerprint density at radius 1 is 1.16 bits per heavy atom. The average Bonchev–Trinajstić information content (AvgIpc) is 2.38. The van der Waals surface area contributed by atoms with Gasteiger partial charge in [0, 0.05) is 12.6 Å². The van der Waals surface area contributed by atoms with Gasteiger partial charge in [-0.25, -0.2) is 0 Å². The lowest BCUT2D eigenvalue weighted by Crippen LogP contribution is -2.25. The van der Waals surface area contributed by atoms with Crippen molar-refractivity contribution < 1.29 is 0 Å². The van der Waals surface area contributed by atoms with Crippen LogP contribution < -0.4 is 5.32 Å². The first kappa shape index (κ1) is 16.2. The van der Waals surface area contributed by atoms with Crippen LogP contribution in [0, 0.1) is 0 Å². The first-order valence-corrected chi connectivity index (χ1v) is 7.62. The van der Waals surface area contributed by atoms with Gasteiger partial charge in [-0.3, -0.25) is 0 Å². The van der Waals surface area contributed by atoms with Crippen LogP contribution in [0.5, 0.6) is 0 Å². The van der Waals surface area contributed by atoms with Crippen LogP contribution >= 0.6 is 0 Å². The molecule has 0 fully saturated rings. The molecule has 0 aliphatic heterocycles. The van der Waals surface area contributed by atoms with Crippen molar-refractivity contribution in [3.63, 3.8) is 0 Å². The standard InChI is InChI=1S/C17H30N2/c1-5-6-13-19(4)14-17-10-8-7-9-16(17)11-12-18-15(2)3/h7-10,15,18H,5-6,11-14H2,1-4H3. The number of unbranched alkanes of at least 4 members (excludes halogenated alkanes) is 1. The fraction of sp³-hybridized carbons (Fsp3) is 0.647. The van der Waals surface area contributed by atoms with Gasteiger partial charge in [0.15, 0.2) is 0 Å². The van der Waals surface area contributed by atoms with Gasteiger partial charge in [-0.05, 0) is 44.1 Å². The highest BCUT2D eigenvalue weighted by Gasteiger charge is 2.05. The van der Waals surface area contributed by atoms with Crippen LogP contribution in [0.2, 0.25) is 0 Å². The molecule has 19 heavy (non-hydrogen) atoms. The van der Waals surface area contributed by atoms with Crippen LogP contribution in [0.1, 0.15) is 44.7 Å². The van der Waals surface area contributed by atoms with Crippen LogP contribution in [0.4, 0.5) is 0 Å². The minimum absolute atomic E-state index is 0.569. The molecule has 1 N–H and O–H groups in total. The number of benzene rings is 1. The summed E-state index contributed by atoms with van der Waals surface area (Å²) in [5.41, 5.74) is 2.96. The third-order valence-corrected chi connectivity index (χ3v) is 3.40. The summed E-state index contributed by atoms with van der Waals surface area (Å²) in [5.74, 6) is 0. The summed E-state index contributed by atoms with van der Waals surface area (Å²) in [6.45, 7) is 9.97. The summed E-state index contributed by atoms with van der Waals surface area (Å²) in [7, 11) is 2.22. The Bertz CT molecular complexity index is 347. The van der Waals surface area contributed by atoms with Gasteiger partial charge in [-0.2, -0.15) is 0 Å². The molecule has 0 radical (unpaired) electrons. The lowest BCUT2D eigenvalue weighted by Gasteiger charge is -2.19. The number of nitrogens with one attached hydrogen (secondary N) is 1. The Labute approximate surface area is 119 Å². The van der Waals surface area contributed by atoms with Gasteiger partial charge in [-0.15, -0.1) is 0 Å². The van der Waals surface area contributed by atoms with E-state index in [9.17, 15) is 0 Å². The molecule has 0 amide bonds. The Morgan fingerprint density at radius 2 is 1.84 bits per heavy atom. The number of hydrogen-bond acceptors (Lipinski definition) is 2. The van der Waals surface area contributed by atoms with Crippen molar-refractivity contribution in [3.05, 3.63) is 35.4 Å². The largest absolute Gasteiger partial charge is 0.314 e. The summed E-state index contributed by atoms with van der Waals surface area (Å²) in [4.78, 5) is 2.43. The highest BCUT2D eigenvalue weighted by atomic mass is 15.1. The minimum Gasteiger partial charge on any atom is -0.314 e. The maximum atomic E-state index is 3.50. The fourth-order valence-electron chi connectivity index (χ4n) is 2.25. The summed E-state index contributed by atoms with van der Waals surface area (Å²) >= 11 is 0. The third kappa shape index (κ3) is 6.74. The first-order chi connectivity index (χ1) is 9.13. The van der Waals surface area contributed by atoms with Crippen molar-refractivity contribution in [2.24, 2.45) is 0 Å². The van der Waals surface area contributed by atoms with Crippen molar-refractivity contribution in [1.29, 1.82) is 0 Å². The van der Waals surface area contributed by atoms with Gasteiger partial charge in [-0.1, -0.05) is 51.5 Å². The second-order valence-electron chi connectivity index (χ2n) is 5.72. The van der Waals surface area contributed by atoms with E-state index in [-0.39, 0.29) is 0 Å². The van der Waals surface area contributed by atoms with E-state index in [0.717, 1.165) is 19.5 Å². The molecular weight excluding hydrogens is 232 g/mol. The number of hydrogen-bond donors (Lipinski definition) is 1. The quantitative estimate of drug-likeness (QED) is 0.733. The van der Waals surface area contributed by atoms with Crippen LogP contribution in [-0.2, 0) is 13.0 Å². The van der Waals surface area contributed by atoms with Crippen molar-refractivity contribution in [1.82, 2.24) is 10.2 Å². The maximum Gasteiger partial charge on any atom is 0.0233 e. The molecule has 0 aromatic heterocycles. The van der Waals surface area contributed by atoms with Gasteiger partial charge >= 0.3 is 0 Å². The third-order valence-electron chi connectivity index (χ3n) is 3.40. The number of rotatable bonds is 9. The van der Waals surface area contributed by atoms with E-state index < -0.39 is 0 Å². The highest BCUT2D eigenvalue weighted by molar-refractivity contribution is 5.27. The van der Waals surface area contributed by atoms with Gasteiger partial charge < -0.3 is 10.2 Å². The molecule has 0 atom stereocenters. The lowest BCUT2D eigenvalue weighted by molar-refractivity contribution is 0.320. The second-order valence-corrected chi connectivity index (χ2v) is 5.72. The SMILES string of the molecule is CCCCN(C)Cc1ccccc1CCNC(C)C. The molecule has 1 aromatic carbocycles. The van der Waals surface area contributed by atoms with Crippen molar-refractivity contribution in [2.45, 2.75) is 52.6 Å². The zero-order valence-electron chi connectivity index (χ0n) is 13.1. The molecule has 0 unspecified atom stereocenters. The zero-order valence-corrected chi connectivity index (χ0v) is 13.1. The molecule has 108 valence electrons. The van der Waals surface area contributed by atoms with E-state index in [1.807, 2.05) is 0 Å². The van der Waals surface area contributed by atoms with Crippen LogP contribution in [0.3, 0.4) is 0 Å². The predicted octanol–water partition coefficient (Wildman–Crippen LogP) is 3.46. The lowest BCUT2D eigenvalue weighted by atomic mass is 10.0. The van der Waals surface area contributed by atoms with Gasteiger partial charge in [0.1, 0.15) is 0 Å². The van der Waals surface area contributed by atoms with Crippen LogP contribution in [0.25, 0.3) is 0 Å². The Hall–Kier alpha value is -0.860. The zero-order chi connectivity index (χ0) is 14.1. The first-order valence-electron chi connectivity index (χ1n) is 7.62. The van der Waals surface area contributed by atoms with E-state index in [0.29, 0.717) is 6.04 Å². The van der Waals surface area contributed by atoms with E-state index in [1.165, 1.54) is 30.5 Å². The monoisotopic (exact) mass is 262 g/mol. The normalized spacial score (nSPS) is 11.5. The van der Waals surface area contributed by atoms with Gasteiger partial charge in [0.2, 0.25) is 0 Å². The molecule has 0 saturated heterocycles. The van der Waals surface area contributed by atoms with E-state index in [1.54, 1.807) is 0 Å². The van der Waals surface area contributed by atoms with E-state index in [2.05, 4.69) is 62.3 Å². The molecule has 0 aliphatic carbocycles. The van der Waals surface area contributed by atoms with Crippen molar-refractivity contribution in [3.8, 4) is 0 Å². The summed E-state index contributed by atoms with van der Waals surface area (Å²) in [6, 6.07) is 9.42. The fourth-order valence-corrected chi connectivity index (χ4v) is 2.25. The van der Waals surface area contributed by atoms with Crippen LogP contribution in [-0.4, -0.2) is 31.1 Å². The van der Waals surface area contributed by atoms with Crippen molar-refractivity contribution in [2.75, 3.05) is 20.1 Å². The molecule has 1 aromatic rings. The summed E-state index contributed by atoms with van der Waals surface area (Å²) in [6.07, 6.45) is 3.67. The van der Waals surface area contributed by atoms with Gasteiger partial charge in [0.25, 0.3) is 0 Å². The number of nitrogens with zero attached hydrogens (tertiary/aromatic N) is 1. The summed E-state index contributed by atoms with van der Waals surface area (Å²) in [5, 5.41) is 3.50. The summed E-state index contributed by atoms with van der Waals surface area (Å²) < 4.78 is 0. The molecule has 0 spiro atoms. The molecule has 1 rings (SSSR count). The molecular formula is C17H30N2. The molecule has 0 bridgehead atoms. The van der Waals surface area contributed by atoms with E-state index >= 15 is 0 Å². The van der Waals surface area contributed by atoms with E-state index in [4.69, 9.17) is 0 Å². The Kier molecular flexibility index (Phi) is 7.76. The second kappa shape index (κ2) is 9.11. The van der Waals surface area contributed by atoms with Crippen LogP contribution in [0.15, 0.2) is 24.3 Å². The average molecular weight is 262 g/mol. The van der Waals surface area contributed by atoms with Gasteiger partial charge in [0.05, 0.1) is 0 Å². The minimum atomic E-state index is 0.569. The van der Waals surface area contributed by atoms with Crippen molar-refractivity contribution >= 4 is 0 Å². The molecule has 0 aliphatic rings. The molecule has 2 heteroatoms. The smallest absolute Gasteiger partial charge is 0.0233 e. The molecule has 2 nitrogen and oxygen atoms in total. The molecule has 0 saturated carbocycles. The maximum absolute atomic E-state index is 3.50. The molecule has 0 heterocycles. The topological polar surface area (TPSA) is 15.3 Å². The Balaban J connectivity index is 2.52.